The van der Waals surface area contributed by atoms with E-state index in [-0.39, 0.29) is 16.1 Å². The summed E-state index contributed by atoms with van der Waals surface area (Å²) in [6, 6.07) is -0.993. The molecule has 7 nitrogen and oxygen atoms in total. The molecule has 1 aromatic heterocycles. The van der Waals surface area contributed by atoms with E-state index in [0.29, 0.717) is 0 Å². The van der Waals surface area contributed by atoms with Gasteiger partial charge in [-0.2, -0.15) is 4.72 Å². The molecule has 1 atom stereocenters. The van der Waals surface area contributed by atoms with Crippen molar-refractivity contribution in [2.24, 2.45) is 13.0 Å². The molecule has 19 heavy (non-hydrogen) atoms. The predicted octanol–water partition coefficient (Wildman–Crippen LogP) is 0.549. The van der Waals surface area contributed by atoms with Crippen LogP contribution in [0.4, 0.5) is 0 Å². The number of carbonyl (C=O) groups is 1. The first-order valence-corrected chi connectivity index (χ1v) is 7.33. The van der Waals surface area contributed by atoms with Gasteiger partial charge < -0.3 is 9.30 Å². The predicted molar refractivity (Wildman–Crippen MR) is 69.2 cm³/mol. The first kappa shape index (κ1) is 15.9. The molecule has 108 valence electrons. The molecule has 1 aromatic rings. The van der Waals surface area contributed by atoms with Crippen molar-refractivity contribution in [3.8, 4) is 0 Å². The molecule has 0 aliphatic rings. The standard InChI is InChI=1S/C10H16ClN3O4S/c1-6(2)7(10(15)18-4)13-19(16,17)9-8(11)14(3)5-12-9/h5-7,13H,1-4H3. The van der Waals surface area contributed by atoms with E-state index in [1.54, 1.807) is 20.9 Å². The van der Waals surface area contributed by atoms with E-state index >= 15 is 0 Å². The number of ether oxygens (including phenoxy) is 1. The van der Waals surface area contributed by atoms with Crippen LogP contribution < -0.4 is 4.72 Å². The summed E-state index contributed by atoms with van der Waals surface area (Å²) in [7, 11) is -1.23. The van der Waals surface area contributed by atoms with Crippen molar-refractivity contribution in [3.05, 3.63) is 11.5 Å². The minimum Gasteiger partial charge on any atom is -0.468 e. The van der Waals surface area contributed by atoms with Gasteiger partial charge in [0.15, 0.2) is 0 Å². The van der Waals surface area contributed by atoms with Gasteiger partial charge in [-0.05, 0) is 5.92 Å². The normalized spacial score (nSPS) is 13.6. The van der Waals surface area contributed by atoms with Gasteiger partial charge in [-0.25, -0.2) is 13.4 Å². The number of nitrogens with zero attached hydrogens (tertiary/aromatic N) is 2. The number of esters is 1. The van der Waals surface area contributed by atoms with Crippen molar-refractivity contribution < 1.29 is 17.9 Å². The minimum absolute atomic E-state index is 0.0279. The zero-order chi connectivity index (χ0) is 14.8. The molecule has 9 heteroatoms. The van der Waals surface area contributed by atoms with E-state index in [1.165, 1.54) is 18.0 Å². The van der Waals surface area contributed by atoms with Crippen LogP contribution in [0, 0.1) is 5.92 Å². The van der Waals surface area contributed by atoms with E-state index in [4.69, 9.17) is 11.6 Å². The number of halogens is 1. The number of hydrogen-bond acceptors (Lipinski definition) is 5. The van der Waals surface area contributed by atoms with Crippen molar-refractivity contribution in [2.75, 3.05) is 7.11 Å². The van der Waals surface area contributed by atoms with Gasteiger partial charge in [0.1, 0.15) is 11.2 Å². The minimum atomic E-state index is -3.98. The Bertz CT molecular complexity index is 567. The third-order valence-corrected chi connectivity index (χ3v) is 4.42. The average molecular weight is 310 g/mol. The van der Waals surface area contributed by atoms with Crippen LogP contribution in [-0.4, -0.2) is 37.1 Å². The highest BCUT2D eigenvalue weighted by atomic mass is 35.5. The van der Waals surface area contributed by atoms with Gasteiger partial charge in [0.05, 0.1) is 13.4 Å². The summed E-state index contributed by atoms with van der Waals surface area (Å²) in [5, 5.41) is -0.342. The summed E-state index contributed by atoms with van der Waals surface area (Å²) in [6.07, 6.45) is 1.28. The summed E-state index contributed by atoms with van der Waals surface area (Å²) in [4.78, 5) is 15.3. The Hall–Kier alpha value is -1.12. The van der Waals surface area contributed by atoms with E-state index in [9.17, 15) is 13.2 Å². The van der Waals surface area contributed by atoms with Crippen molar-refractivity contribution in [2.45, 2.75) is 24.9 Å². The van der Waals surface area contributed by atoms with E-state index in [0.717, 1.165) is 0 Å². The third-order valence-electron chi connectivity index (χ3n) is 2.49. The molecule has 1 heterocycles. The summed E-state index contributed by atoms with van der Waals surface area (Å²) in [5.41, 5.74) is 0. The Morgan fingerprint density at radius 2 is 2.11 bits per heavy atom. The number of nitrogens with one attached hydrogen (secondary N) is 1. The molecular formula is C10H16ClN3O4S. The van der Waals surface area contributed by atoms with E-state index in [2.05, 4.69) is 14.4 Å². The lowest BCUT2D eigenvalue weighted by Gasteiger charge is -2.19. The van der Waals surface area contributed by atoms with Crippen LogP contribution >= 0.6 is 11.6 Å². The number of aryl methyl sites for hydroxylation is 1. The highest BCUT2D eigenvalue weighted by Crippen LogP contribution is 2.19. The summed E-state index contributed by atoms with van der Waals surface area (Å²) in [5.74, 6) is -0.935. The monoisotopic (exact) mass is 309 g/mol. The molecular weight excluding hydrogens is 294 g/mol. The van der Waals surface area contributed by atoms with Gasteiger partial charge in [0, 0.05) is 7.05 Å². The second-order valence-electron chi connectivity index (χ2n) is 4.32. The van der Waals surface area contributed by atoms with Gasteiger partial charge in [0.2, 0.25) is 5.03 Å². The zero-order valence-electron chi connectivity index (χ0n) is 11.0. The van der Waals surface area contributed by atoms with Gasteiger partial charge in [-0.3, -0.25) is 4.79 Å². The highest BCUT2D eigenvalue weighted by molar-refractivity contribution is 7.89. The molecule has 0 fully saturated rings. The SMILES string of the molecule is COC(=O)C(NS(=O)(=O)c1ncn(C)c1Cl)C(C)C. The zero-order valence-corrected chi connectivity index (χ0v) is 12.6. The van der Waals surface area contributed by atoms with Crippen molar-refractivity contribution in [3.63, 3.8) is 0 Å². The van der Waals surface area contributed by atoms with E-state index < -0.39 is 22.0 Å². The largest absolute Gasteiger partial charge is 0.468 e. The van der Waals surface area contributed by atoms with Crippen LogP contribution in [0.25, 0.3) is 0 Å². The fourth-order valence-corrected chi connectivity index (χ4v) is 3.14. The Labute approximate surface area is 117 Å². The van der Waals surface area contributed by atoms with Gasteiger partial charge in [0.25, 0.3) is 10.0 Å². The number of imidazole rings is 1. The molecule has 0 saturated carbocycles. The first-order chi connectivity index (χ1) is 8.70. The number of methoxy groups -OCH3 is 1. The van der Waals surface area contributed by atoms with Gasteiger partial charge >= 0.3 is 5.97 Å². The Kier molecular flexibility index (Phi) is 4.94. The Morgan fingerprint density at radius 3 is 2.47 bits per heavy atom. The molecule has 1 N–H and O–H groups in total. The lowest BCUT2D eigenvalue weighted by atomic mass is 10.1. The van der Waals surface area contributed by atoms with Crippen LogP contribution in [0.2, 0.25) is 5.15 Å². The molecule has 0 aliphatic carbocycles. The molecule has 0 spiro atoms. The number of hydrogen-bond donors (Lipinski definition) is 1. The maximum Gasteiger partial charge on any atom is 0.324 e. The fraction of sp³-hybridized carbons (Fsp3) is 0.600. The molecule has 0 aromatic carbocycles. The van der Waals surface area contributed by atoms with Crippen LogP contribution in [0.5, 0.6) is 0 Å². The summed E-state index contributed by atoms with van der Waals surface area (Å²) < 4.78 is 32.4. The molecule has 0 radical (unpaired) electrons. The second-order valence-corrected chi connectivity index (χ2v) is 6.30. The molecule has 0 saturated heterocycles. The highest BCUT2D eigenvalue weighted by Gasteiger charge is 2.31. The Morgan fingerprint density at radius 1 is 1.53 bits per heavy atom. The van der Waals surface area contributed by atoms with Crippen LogP contribution in [0.3, 0.4) is 0 Å². The van der Waals surface area contributed by atoms with Crippen molar-refractivity contribution in [1.82, 2.24) is 14.3 Å². The van der Waals surface area contributed by atoms with Crippen LogP contribution in [-0.2, 0) is 26.6 Å². The average Bonchev–Trinajstić information content (AvgIpc) is 2.66. The fourth-order valence-electron chi connectivity index (χ4n) is 1.38. The quantitative estimate of drug-likeness (QED) is 0.802. The lowest BCUT2D eigenvalue weighted by Crippen LogP contribution is -2.45. The topological polar surface area (TPSA) is 90.3 Å². The van der Waals surface area contributed by atoms with E-state index in [1.807, 2.05) is 0 Å². The smallest absolute Gasteiger partial charge is 0.324 e. The number of aromatic nitrogens is 2. The number of carbonyl (C=O) groups excluding carboxylic acids is 1. The van der Waals surface area contributed by atoms with Crippen LogP contribution in [0.1, 0.15) is 13.8 Å². The summed E-state index contributed by atoms with van der Waals surface area (Å²) >= 11 is 5.83. The lowest BCUT2D eigenvalue weighted by molar-refractivity contribution is -0.143. The van der Waals surface area contributed by atoms with Crippen LogP contribution in [0.15, 0.2) is 11.4 Å². The van der Waals surface area contributed by atoms with Gasteiger partial charge in [-0.15, -0.1) is 0 Å². The summed E-state index contributed by atoms with van der Waals surface area (Å²) in [6.45, 7) is 3.40. The molecule has 0 amide bonds. The second kappa shape index (κ2) is 5.89. The van der Waals surface area contributed by atoms with Crippen molar-refractivity contribution >= 4 is 27.6 Å². The first-order valence-electron chi connectivity index (χ1n) is 5.47. The maximum absolute atomic E-state index is 12.1. The van der Waals surface area contributed by atoms with Gasteiger partial charge in [-0.1, -0.05) is 25.4 Å². The number of sulfonamides is 1. The maximum atomic E-state index is 12.1. The number of rotatable bonds is 5. The Balaban J connectivity index is 3.08. The molecule has 1 unspecified atom stereocenters. The van der Waals surface area contributed by atoms with Crippen molar-refractivity contribution in [1.29, 1.82) is 0 Å². The molecule has 0 bridgehead atoms. The third kappa shape index (κ3) is 3.46. The molecule has 0 aliphatic heterocycles. The molecule has 1 rings (SSSR count).